The molecule has 1 aromatic carbocycles. The van der Waals surface area contributed by atoms with Gasteiger partial charge in [0.25, 0.3) is 0 Å². The van der Waals surface area contributed by atoms with Crippen LogP contribution in [0.1, 0.15) is 31.0 Å². The van der Waals surface area contributed by atoms with Crippen LogP contribution in [0.15, 0.2) is 41.1 Å². The SMILES string of the molecule is CNC(c1cc(F)cc(Br)c1)c1cncc(OC(C)C)c1. The van der Waals surface area contributed by atoms with Gasteiger partial charge in [0.2, 0.25) is 0 Å². The molecule has 2 aromatic rings. The summed E-state index contributed by atoms with van der Waals surface area (Å²) in [6.07, 6.45) is 3.52. The highest BCUT2D eigenvalue weighted by atomic mass is 79.9. The molecule has 0 aliphatic heterocycles. The van der Waals surface area contributed by atoms with E-state index in [0.29, 0.717) is 10.2 Å². The van der Waals surface area contributed by atoms with Crippen molar-refractivity contribution < 1.29 is 9.13 Å². The van der Waals surface area contributed by atoms with Crippen LogP contribution >= 0.6 is 15.9 Å². The summed E-state index contributed by atoms with van der Waals surface area (Å²) in [4.78, 5) is 4.21. The molecule has 0 fully saturated rings. The summed E-state index contributed by atoms with van der Waals surface area (Å²) < 4.78 is 20.0. The standard InChI is InChI=1S/C16H18BrFN2O/c1-10(2)21-15-6-12(8-20-9-15)16(19-3)11-4-13(17)7-14(18)5-11/h4-10,16,19H,1-3H3. The Morgan fingerprint density at radius 3 is 2.52 bits per heavy atom. The first-order valence-corrected chi connectivity index (χ1v) is 7.53. The Balaban J connectivity index is 2.36. The van der Waals surface area contributed by atoms with Crippen LogP contribution in [0.3, 0.4) is 0 Å². The van der Waals surface area contributed by atoms with Crippen LogP contribution in [-0.2, 0) is 0 Å². The fourth-order valence-electron chi connectivity index (χ4n) is 2.20. The Morgan fingerprint density at radius 2 is 1.90 bits per heavy atom. The summed E-state index contributed by atoms with van der Waals surface area (Å²) in [6, 6.07) is 6.61. The summed E-state index contributed by atoms with van der Waals surface area (Å²) in [5, 5.41) is 3.19. The number of rotatable bonds is 5. The zero-order chi connectivity index (χ0) is 15.4. The lowest BCUT2D eigenvalue weighted by atomic mass is 10.00. The molecular formula is C16H18BrFN2O. The van der Waals surface area contributed by atoms with E-state index >= 15 is 0 Å². The van der Waals surface area contributed by atoms with Crippen molar-refractivity contribution in [3.8, 4) is 5.75 Å². The fourth-order valence-corrected chi connectivity index (χ4v) is 2.68. The van der Waals surface area contributed by atoms with Gasteiger partial charge >= 0.3 is 0 Å². The first-order valence-electron chi connectivity index (χ1n) is 6.74. The van der Waals surface area contributed by atoms with Crippen molar-refractivity contribution in [3.05, 3.63) is 58.1 Å². The number of nitrogens with one attached hydrogen (secondary N) is 1. The Bertz CT molecular complexity index is 599. The van der Waals surface area contributed by atoms with Crippen molar-refractivity contribution in [1.29, 1.82) is 0 Å². The lowest BCUT2D eigenvalue weighted by Gasteiger charge is -2.18. The van der Waals surface area contributed by atoms with Gasteiger partial charge in [0.05, 0.1) is 18.3 Å². The second-order valence-electron chi connectivity index (χ2n) is 5.05. The highest BCUT2D eigenvalue weighted by Gasteiger charge is 2.15. The van der Waals surface area contributed by atoms with E-state index in [2.05, 4.69) is 26.2 Å². The largest absolute Gasteiger partial charge is 0.489 e. The number of pyridine rings is 1. The summed E-state index contributed by atoms with van der Waals surface area (Å²) in [5.74, 6) is 0.431. The second-order valence-corrected chi connectivity index (χ2v) is 5.96. The lowest BCUT2D eigenvalue weighted by molar-refractivity contribution is 0.241. The molecule has 0 radical (unpaired) electrons. The number of benzene rings is 1. The van der Waals surface area contributed by atoms with Gasteiger partial charge in [-0.05, 0) is 56.3 Å². The van der Waals surface area contributed by atoms with Crippen molar-refractivity contribution in [2.45, 2.75) is 26.0 Å². The molecule has 3 nitrogen and oxygen atoms in total. The molecular weight excluding hydrogens is 335 g/mol. The first kappa shape index (κ1) is 15.9. The van der Waals surface area contributed by atoms with Crippen molar-refractivity contribution in [2.75, 3.05) is 7.05 Å². The Hall–Kier alpha value is -1.46. The smallest absolute Gasteiger partial charge is 0.138 e. The fraction of sp³-hybridized carbons (Fsp3) is 0.312. The van der Waals surface area contributed by atoms with Gasteiger partial charge < -0.3 is 10.1 Å². The van der Waals surface area contributed by atoms with Gasteiger partial charge in [0.1, 0.15) is 11.6 Å². The maximum atomic E-state index is 13.6. The molecule has 0 saturated heterocycles. The van der Waals surface area contributed by atoms with Crippen LogP contribution in [0.5, 0.6) is 5.75 Å². The number of aromatic nitrogens is 1. The summed E-state index contributed by atoms with van der Waals surface area (Å²) in [7, 11) is 1.83. The quantitative estimate of drug-likeness (QED) is 0.880. The molecule has 1 aromatic heterocycles. The molecule has 5 heteroatoms. The topological polar surface area (TPSA) is 34.2 Å². The molecule has 112 valence electrons. The Labute approximate surface area is 132 Å². The van der Waals surface area contributed by atoms with Gasteiger partial charge in [-0.2, -0.15) is 0 Å². The molecule has 0 bridgehead atoms. The van der Waals surface area contributed by atoms with Crippen LogP contribution in [0.4, 0.5) is 4.39 Å². The van der Waals surface area contributed by atoms with Crippen LogP contribution in [0, 0.1) is 5.82 Å². The normalized spacial score (nSPS) is 12.5. The third-order valence-corrected chi connectivity index (χ3v) is 3.40. The molecule has 0 aliphatic carbocycles. The number of halogens is 2. The number of ether oxygens (including phenoxy) is 1. The Kier molecular flexibility index (Phi) is 5.31. The summed E-state index contributed by atoms with van der Waals surface area (Å²) in [5.41, 5.74) is 1.75. The van der Waals surface area contributed by atoms with E-state index in [4.69, 9.17) is 4.74 Å². The third kappa shape index (κ3) is 4.25. The van der Waals surface area contributed by atoms with Gasteiger partial charge in [-0.15, -0.1) is 0 Å². The minimum absolute atomic E-state index is 0.0819. The first-order chi connectivity index (χ1) is 9.99. The molecule has 21 heavy (non-hydrogen) atoms. The highest BCUT2D eigenvalue weighted by molar-refractivity contribution is 9.10. The number of hydrogen-bond donors (Lipinski definition) is 1. The molecule has 0 amide bonds. The van der Waals surface area contributed by atoms with E-state index in [9.17, 15) is 4.39 Å². The number of hydrogen-bond acceptors (Lipinski definition) is 3. The monoisotopic (exact) mass is 352 g/mol. The van der Waals surface area contributed by atoms with Gasteiger partial charge in [0.15, 0.2) is 0 Å². The Morgan fingerprint density at radius 1 is 1.14 bits per heavy atom. The zero-order valence-electron chi connectivity index (χ0n) is 12.2. The minimum Gasteiger partial charge on any atom is -0.489 e. The van der Waals surface area contributed by atoms with E-state index in [0.717, 1.165) is 11.1 Å². The lowest BCUT2D eigenvalue weighted by Crippen LogP contribution is -2.18. The average molecular weight is 353 g/mol. The van der Waals surface area contributed by atoms with Crippen molar-refractivity contribution in [2.24, 2.45) is 0 Å². The van der Waals surface area contributed by atoms with E-state index in [-0.39, 0.29) is 18.0 Å². The summed E-state index contributed by atoms with van der Waals surface area (Å²) >= 11 is 3.32. The number of nitrogens with zero attached hydrogens (tertiary/aromatic N) is 1. The maximum Gasteiger partial charge on any atom is 0.138 e. The molecule has 1 atom stereocenters. The summed E-state index contributed by atoms with van der Waals surface area (Å²) in [6.45, 7) is 3.93. The van der Waals surface area contributed by atoms with Gasteiger partial charge in [-0.1, -0.05) is 15.9 Å². The van der Waals surface area contributed by atoms with Crippen molar-refractivity contribution in [3.63, 3.8) is 0 Å². The van der Waals surface area contributed by atoms with Gasteiger partial charge in [-0.3, -0.25) is 4.98 Å². The molecule has 0 aliphatic rings. The van der Waals surface area contributed by atoms with Gasteiger partial charge in [0, 0.05) is 10.7 Å². The zero-order valence-corrected chi connectivity index (χ0v) is 13.8. The maximum absolute atomic E-state index is 13.6. The van der Waals surface area contributed by atoms with Crippen LogP contribution in [0.25, 0.3) is 0 Å². The average Bonchev–Trinajstić information content (AvgIpc) is 2.38. The molecule has 0 saturated carbocycles. The third-order valence-electron chi connectivity index (χ3n) is 2.95. The highest BCUT2D eigenvalue weighted by Crippen LogP contribution is 2.27. The van der Waals surface area contributed by atoms with E-state index in [1.54, 1.807) is 12.4 Å². The van der Waals surface area contributed by atoms with Gasteiger partial charge in [-0.25, -0.2) is 4.39 Å². The van der Waals surface area contributed by atoms with Crippen molar-refractivity contribution in [1.82, 2.24) is 10.3 Å². The van der Waals surface area contributed by atoms with Crippen molar-refractivity contribution >= 4 is 15.9 Å². The molecule has 1 unspecified atom stereocenters. The van der Waals surface area contributed by atoms with Crippen LogP contribution < -0.4 is 10.1 Å². The van der Waals surface area contributed by atoms with E-state index in [1.165, 1.54) is 12.1 Å². The van der Waals surface area contributed by atoms with E-state index in [1.807, 2.05) is 33.0 Å². The second kappa shape index (κ2) is 7.00. The molecule has 1 N–H and O–H groups in total. The molecule has 2 rings (SSSR count). The molecule has 1 heterocycles. The predicted octanol–water partition coefficient (Wildman–Crippen LogP) is 4.08. The minimum atomic E-state index is -0.276. The van der Waals surface area contributed by atoms with E-state index < -0.39 is 0 Å². The van der Waals surface area contributed by atoms with Crippen LogP contribution in [0.2, 0.25) is 0 Å². The van der Waals surface area contributed by atoms with Crippen LogP contribution in [-0.4, -0.2) is 18.1 Å². The predicted molar refractivity (Wildman–Crippen MR) is 85.0 cm³/mol. The molecule has 0 spiro atoms.